The number of amides is 1. The van der Waals surface area contributed by atoms with Gasteiger partial charge >= 0.3 is 0 Å². The van der Waals surface area contributed by atoms with Gasteiger partial charge in [-0.3, -0.25) is 4.79 Å². The van der Waals surface area contributed by atoms with Gasteiger partial charge in [0, 0.05) is 17.1 Å². The van der Waals surface area contributed by atoms with Gasteiger partial charge in [0.25, 0.3) is 0 Å². The Morgan fingerprint density at radius 1 is 1.50 bits per heavy atom. The lowest BCUT2D eigenvalue weighted by Gasteiger charge is -2.36. The van der Waals surface area contributed by atoms with Crippen LogP contribution in [0.1, 0.15) is 13.3 Å². The first-order chi connectivity index (χ1) is 8.66. The molecule has 1 aromatic rings. The molecule has 96 valence electrons. The van der Waals surface area contributed by atoms with E-state index in [9.17, 15) is 4.79 Å². The standard InChI is InChI=1S/C13H17N3OS/c1-8-13(17)16(10-4-5-15-7-10)11-6-9(14)2-3-12(11)18-8/h2-3,6,8,10,15H,4-5,7,14H2,1H3. The maximum atomic E-state index is 12.4. The first-order valence-corrected chi connectivity index (χ1v) is 7.15. The summed E-state index contributed by atoms with van der Waals surface area (Å²) < 4.78 is 0. The van der Waals surface area contributed by atoms with Gasteiger partial charge in [0.15, 0.2) is 0 Å². The predicted octanol–water partition coefficient (Wildman–Crippen LogP) is 1.46. The molecule has 0 radical (unpaired) electrons. The molecule has 0 bridgehead atoms. The minimum atomic E-state index is -0.0123. The van der Waals surface area contributed by atoms with Crippen LogP contribution in [0.15, 0.2) is 23.1 Å². The Morgan fingerprint density at radius 2 is 2.33 bits per heavy atom. The van der Waals surface area contributed by atoms with Gasteiger partial charge in [-0.2, -0.15) is 0 Å². The Hall–Kier alpha value is -1.20. The number of nitrogens with one attached hydrogen (secondary N) is 1. The van der Waals surface area contributed by atoms with Crippen molar-refractivity contribution in [3.63, 3.8) is 0 Å². The largest absolute Gasteiger partial charge is 0.399 e. The molecule has 2 atom stereocenters. The minimum absolute atomic E-state index is 0.0123. The number of hydrogen-bond acceptors (Lipinski definition) is 4. The summed E-state index contributed by atoms with van der Waals surface area (Å²) in [4.78, 5) is 15.5. The van der Waals surface area contributed by atoms with E-state index < -0.39 is 0 Å². The van der Waals surface area contributed by atoms with Crippen LogP contribution < -0.4 is 16.0 Å². The molecule has 2 heterocycles. The molecule has 3 N–H and O–H groups in total. The van der Waals surface area contributed by atoms with Crippen LogP contribution in [-0.4, -0.2) is 30.3 Å². The topological polar surface area (TPSA) is 58.4 Å². The van der Waals surface area contributed by atoms with E-state index in [4.69, 9.17) is 5.73 Å². The maximum absolute atomic E-state index is 12.4. The number of nitrogens with two attached hydrogens (primary N) is 1. The third-order valence-corrected chi connectivity index (χ3v) is 4.69. The molecule has 0 aromatic heterocycles. The monoisotopic (exact) mass is 263 g/mol. The van der Waals surface area contributed by atoms with E-state index in [1.54, 1.807) is 11.8 Å². The Balaban J connectivity index is 2.05. The van der Waals surface area contributed by atoms with E-state index in [0.717, 1.165) is 30.1 Å². The van der Waals surface area contributed by atoms with E-state index in [1.165, 1.54) is 0 Å². The lowest BCUT2D eigenvalue weighted by molar-refractivity contribution is -0.118. The van der Waals surface area contributed by atoms with Crippen LogP contribution in [0.4, 0.5) is 11.4 Å². The predicted molar refractivity (Wildman–Crippen MR) is 74.9 cm³/mol. The van der Waals surface area contributed by atoms with Crippen LogP contribution in [-0.2, 0) is 4.79 Å². The molecular weight excluding hydrogens is 246 g/mol. The van der Waals surface area contributed by atoms with Gasteiger partial charge in [-0.25, -0.2) is 0 Å². The molecule has 1 fully saturated rings. The van der Waals surface area contributed by atoms with E-state index in [1.807, 2.05) is 30.0 Å². The summed E-state index contributed by atoms with van der Waals surface area (Å²) in [5.74, 6) is 0.201. The summed E-state index contributed by atoms with van der Waals surface area (Å²) in [5.41, 5.74) is 7.56. The van der Waals surface area contributed by atoms with Crippen molar-refractivity contribution in [2.24, 2.45) is 0 Å². The van der Waals surface area contributed by atoms with E-state index in [-0.39, 0.29) is 17.2 Å². The van der Waals surface area contributed by atoms with Crippen LogP contribution in [0.5, 0.6) is 0 Å². The summed E-state index contributed by atoms with van der Waals surface area (Å²) in [7, 11) is 0. The molecule has 0 aliphatic carbocycles. The lowest BCUT2D eigenvalue weighted by atomic mass is 10.1. The van der Waals surface area contributed by atoms with Crippen molar-refractivity contribution in [1.82, 2.24) is 5.32 Å². The van der Waals surface area contributed by atoms with Crippen molar-refractivity contribution < 1.29 is 4.79 Å². The fourth-order valence-electron chi connectivity index (χ4n) is 2.61. The number of benzene rings is 1. The maximum Gasteiger partial charge on any atom is 0.240 e. The van der Waals surface area contributed by atoms with Crippen LogP contribution in [0.2, 0.25) is 0 Å². The average molecular weight is 263 g/mol. The second-order valence-corrected chi connectivity index (χ2v) is 6.22. The zero-order chi connectivity index (χ0) is 12.7. The van der Waals surface area contributed by atoms with Gasteiger partial charge in [0.05, 0.1) is 17.0 Å². The lowest BCUT2D eigenvalue weighted by Crippen LogP contribution is -2.47. The van der Waals surface area contributed by atoms with Crippen molar-refractivity contribution in [2.75, 3.05) is 23.7 Å². The zero-order valence-electron chi connectivity index (χ0n) is 10.3. The van der Waals surface area contributed by atoms with Gasteiger partial charge in [-0.05, 0) is 38.1 Å². The smallest absolute Gasteiger partial charge is 0.240 e. The molecule has 5 heteroatoms. The van der Waals surface area contributed by atoms with Crippen molar-refractivity contribution in [3.8, 4) is 0 Å². The molecule has 1 amide bonds. The molecule has 2 aliphatic heterocycles. The molecule has 18 heavy (non-hydrogen) atoms. The molecule has 2 aliphatic rings. The number of carbonyl (C=O) groups is 1. The SMILES string of the molecule is CC1Sc2ccc(N)cc2N(C2CCNC2)C1=O. The summed E-state index contributed by atoms with van der Waals surface area (Å²) >= 11 is 1.62. The fraction of sp³-hybridized carbons (Fsp3) is 0.462. The fourth-order valence-corrected chi connectivity index (χ4v) is 3.63. The normalized spacial score (nSPS) is 27.4. The highest BCUT2D eigenvalue weighted by atomic mass is 32.2. The zero-order valence-corrected chi connectivity index (χ0v) is 11.2. The number of hydrogen-bond donors (Lipinski definition) is 2. The molecule has 0 saturated carbocycles. The van der Waals surface area contributed by atoms with Crippen LogP contribution in [0.3, 0.4) is 0 Å². The van der Waals surface area contributed by atoms with Gasteiger partial charge < -0.3 is 16.0 Å². The Bertz CT molecular complexity index is 485. The first kappa shape index (κ1) is 11.9. The highest BCUT2D eigenvalue weighted by Gasteiger charge is 2.36. The molecule has 1 aromatic carbocycles. The molecule has 2 unspecified atom stereocenters. The molecule has 4 nitrogen and oxygen atoms in total. The Kier molecular flexibility index (Phi) is 2.95. The van der Waals surface area contributed by atoms with Crippen molar-refractivity contribution in [3.05, 3.63) is 18.2 Å². The number of nitrogens with zero attached hydrogens (tertiary/aromatic N) is 1. The summed E-state index contributed by atoms with van der Waals surface area (Å²) in [6.45, 7) is 3.83. The van der Waals surface area contributed by atoms with Gasteiger partial charge in [0.1, 0.15) is 0 Å². The highest BCUT2D eigenvalue weighted by Crippen LogP contribution is 2.41. The molecular formula is C13H17N3OS. The van der Waals surface area contributed by atoms with E-state index in [2.05, 4.69) is 5.32 Å². The molecule has 3 rings (SSSR count). The Morgan fingerprint density at radius 3 is 3.06 bits per heavy atom. The van der Waals surface area contributed by atoms with Gasteiger partial charge in [0.2, 0.25) is 5.91 Å². The van der Waals surface area contributed by atoms with Gasteiger partial charge in [-0.1, -0.05) is 0 Å². The molecule has 0 spiro atoms. The van der Waals surface area contributed by atoms with Crippen LogP contribution >= 0.6 is 11.8 Å². The number of carbonyl (C=O) groups excluding carboxylic acids is 1. The number of rotatable bonds is 1. The van der Waals surface area contributed by atoms with Gasteiger partial charge in [-0.15, -0.1) is 11.8 Å². The number of anilines is 2. The third kappa shape index (κ3) is 1.87. The first-order valence-electron chi connectivity index (χ1n) is 6.27. The third-order valence-electron chi connectivity index (χ3n) is 3.53. The summed E-state index contributed by atoms with van der Waals surface area (Å²) in [6.07, 6.45) is 1.01. The van der Waals surface area contributed by atoms with Crippen molar-refractivity contribution in [2.45, 2.75) is 29.5 Å². The van der Waals surface area contributed by atoms with E-state index >= 15 is 0 Å². The summed E-state index contributed by atoms with van der Waals surface area (Å²) in [5, 5.41) is 3.31. The minimum Gasteiger partial charge on any atom is -0.399 e. The van der Waals surface area contributed by atoms with Crippen molar-refractivity contribution in [1.29, 1.82) is 0 Å². The average Bonchev–Trinajstić information content (AvgIpc) is 2.85. The second-order valence-electron chi connectivity index (χ2n) is 4.84. The quantitative estimate of drug-likeness (QED) is 0.753. The number of nitrogen functional groups attached to an aromatic ring is 1. The van der Waals surface area contributed by atoms with Crippen LogP contribution in [0.25, 0.3) is 0 Å². The van der Waals surface area contributed by atoms with Crippen molar-refractivity contribution >= 4 is 29.0 Å². The molecule has 1 saturated heterocycles. The number of thioether (sulfide) groups is 1. The number of fused-ring (bicyclic) bond motifs is 1. The van der Waals surface area contributed by atoms with Crippen LogP contribution in [0, 0.1) is 0 Å². The summed E-state index contributed by atoms with van der Waals surface area (Å²) in [6, 6.07) is 6.11. The second kappa shape index (κ2) is 4.48. The Labute approximate surface area is 111 Å². The van der Waals surface area contributed by atoms with E-state index in [0.29, 0.717) is 5.69 Å². The highest BCUT2D eigenvalue weighted by molar-refractivity contribution is 8.01.